The molecule has 0 saturated carbocycles. The average Bonchev–Trinajstić information content (AvgIpc) is 3.43. The van der Waals surface area contributed by atoms with Crippen LogP contribution in [0.5, 0.6) is 11.5 Å². The molecule has 214 valence electrons. The molecule has 2 heterocycles. The van der Waals surface area contributed by atoms with Crippen molar-refractivity contribution in [1.82, 2.24) is 14.5 Å². The number of rotatable bonds is 10. The van der Waals surface area contributed by atoms with Gasteiger partial charge in [-0.3, -0.25) is 0 Å². The van der Waals surface area contributed by atoms with E-state index in [1.807, 2.05) is 12.5 Å². The molecule has 39 heavy (non-hydrogen) atoms. The van der Waals surface area contributed by atoms with Gasteiger partial charge in [0.2, 0.25) is 0 Å². The van der Waals surface area contributed by atoms with Crippen molar-refractivity contribution in [2.45, 2.75) is 71.8 Å². The van der Waals surface area contributed by atoms with E-state index in [0.29, 0.717) is 0 Å². The predicted octanol–water partition coefficient (Wildman–Crippen LogP) is 7.45. The summed E-state index contributed by atoms with van der Waals surface area (Å²) in [7, 11) is 0. The molecule has 0 amide bonds. The van der Waals surface area contributed by atoms with E-state index in [0.717, 1.165) is 44.1 Å². The number of imidazole rings is 1. The lowest BCUT2D eigenvalue weighted by Gasteiger charge is -2.25. The van der Waals surface area contributed by atoms with Gasteiger partial charge in [0.1, 0.15) is 11.5 Å². The third kappa shape index (κ3) is 11.7. The van der Waals surface area contributed by atoms with Crippen LogP contribution in [0.3, 0.4) is 0 Å². The highest BCUT2D eigenvalue weighted by Crippen LogP contribution is 2.25. The standard InChI is InChI=1S/C17H27NOS.C16H22N2O/c1-17(2,3)15-5-7-16(8-6-15)19-12-4-9-18-10-13-20-14-11-18;1-16(2,3)14-5-7-15(8-6-14)19-12-4-10-18-11-9-17-13-18/h5-8H,4,9-14H2,1-3H3;5-9,11,13H,4,10,12H2,1-3H3. The quantitative estimate of drug-likeness (QED) is 0.245. The van der Waals surface area contributed by atoms with Gasteiger partial charge in [-0.1, -0.05) is 65.8 Å². The molecule has 0 radical (unpaired) electrons. The summed E-state index contributed by atoms with van der Waals surface area (Å²) in [5.41, 5.74) is 3.10. The van der Waals surface area contributed by atoms with Crippen molar-refractivity contribution in [3.63, 3.8) is 0 Å². The van der Waals surface area contributed by atoms with E-state index in [2.05, 4.69) is 116 Å². The minimum Gasteiger partial charge on any atom is -0.494 e. The molecule has 5 nitrogen and oxygen atoms in total. The topological polar surface area (TPSA) is 39.5 Å². The number of thioether (sulfide) groups is 1. The van der Waals surface area contributed by atoms with Crippen LogP contribution < -0.4 is 9.47 Å². The minimum absolute atomic E-state index is 0.194. The maximum atomic E-state index is 5.83. The van der Waals surface area contributed by atoms with Crippen LogP contribution in [-0.4, -0.2) is 58.8 Å². The summed E-state index contributed by atoms with van der Waals surface area (Å²) in [5, 5.41) is 0. The molecule has 1 fully saturated rings. The lowest BCUT2D eigenvalue weighted by molar-refractivity contribution is 0.248. The molecule has 0 bridgehead atoms. The highest BCUT2D eigenvalue weighted by Gasteiger charge is 2.14. The summed E-state index contributed by atoms with van der Waals surface area (Å²) >= 11 is 2.07. The first-order chi connectivity index (χ1) is 18.6. The number of nitrogens with zero attached hydrogens (tertiary/aromatic N) is 3. The fourth-order valence-corrected chi connectivity index (χ4v) is 5.24. The van der Waals surface area contributed by atoms with Crippen molar-refractivity contribution in [3.05, 3.63) is 78.4 Å². The summed E-state index contributed by atoms with van der Waals surface area (Å²) < 4.78 is 13.6. The van der Waals surface area contributed by atoms with Crippen molar-refractivity contribution in [3.8, 4) is 11.5 Å². The van der Waals surface area contributed by atoms with Crippen LogP contribution in [-0.2, 0) is 17.4 Å². The molecule has 0 N–H and O–H groups in total. The fraction of sp³-hybridized carbons (Fsp3) is 0.545. The third-order valence-electron chi connectivity index (χ3n) is 6.82. The first-order valence-electron chi connectivity index (χ1n) is 14.3. The maximum absolute atomic E-state index is 5.83. The Morgan fingerprint density at radius 3 is 1.64 bits per heavy atom. The maximum Gasteiger partial charge on any atom is 0.119 e. The third-order valence-corrected chi connectivity index (χ3v) is 7.76. The molecular formula is C33H49N3O2S. The largest absolute Gasteiger partial charge is 0.494 e. The van der Waals surface area contributed by atoms with Gasteiger partial charge in [0, 0.05) is 50.1 Å². The Morgan fingerprint density at radius 2 is 1.21 bits per heavy atom. The summed E-state index contributed by atoms with van der Waals surface area (Å²) in [6, 6.07) is 16.9. The summed E-state index contributed by atoms with van der Waals surface area (Å²) in [4.78, 5) is 6.56. The molecular weight excluding hydrogens is 502 g/mol. The molecule has 4 rings (SSSR count). The smallest absolute Gasteiger partial charge is 0.119 e. The lowest BCUT2D eigenvalue weighted by atomic mass is 9.87. The Balaban J connectivity index is 0.000000216. The number of aromatic nitrogens is 2. The second-order valence-electron chi connectivity index (χ2n) is 12.2. The predicted molar refractivity (Wildman–Crippen MR) is 166 cm³/mol. The minimum atomic E-state index is 0.194. The first kappa shape index (κ1) is 31.1. The summed E-state index contributed by atoms with van der Waals surface area (Å²) in [6.07, 6.45) is 7.70. The van der Waals surface area contributed by atoms with E-state index < -0.39 is 0 Å². The molecule has 3 aromatic rings. The lowest BCUT2D eigenvalue weighted by Crippen LogP contribution is -2.33. The Labute approximate surface area is 241 Å². The SMILES string of the molecule is CC(C)(C)c1ccc(OCCCN2CCSCC2)cc1.CC(C)(C)c1ccc(OCCCn2ccnc2)cc1. The van der Waals surface area contributed by atoms with Crippen LogP contribution in [0.1, 0.15) is 65.5 Å². The van der Waals surface area contributed by atoms with Crippen LogP contribution in [0.4, 0.5) is 0 Å². The van der Waals surface area contributed by atoms with Crippen LogP contribution in [0.15, 0.2) is 67.3 Å². The van der Waals surface area contributed by atoms with E-state index in [1.165, 1.54) is 42.3 Å². The van der Waals surface area contributed by atoms with Crippen molar-refractivity contribution in [2.24, 2.45) is 0 Å². The van der Waals surface area contributed by atoms with Gasteiger partial charge in [-0.25, -0.2) is 4.98 Å². The van der Waals surface area contributed by atoms with Gasteiger partial charge >= 0.3 is 0 Å². The van der Waals surface area contributed by atoms with Gasteiger partial charge in [-0.2, -0.15) is 11.8 Å². The van der Waals surface area contributed by atoms with Gasteiger partial charge < -0.3 is 18.9 Å². The Morgan fingerprint density at radius 1 is 0.718 bits per heavy atom. The van der Waals surface area contributed by atoms with E-state index in [9.17, 15) is 0 Å². The molecule has 0 spiro atoms. The molecule has 6 heteroatoms. The zero-order valence-corrected chi connectivity index (χ0v) is 25.8. The van der Waals surface area contributed by atoms with E-state index in [1.54, 1.807) is 6.20 Å². The number of hydrogen-bond donors (Lipinski definition) is 0. The fourth-order valence-electron chi connectivity index (χ4n) is 4.26. The van der Waals surface area contributed by atoms with E-state index in [4.69, 9.17) is 9.47 Å². The summed E-state index contributed by atoms with van der Waals surface area (Å²) in [5.74, 6) is 4.51. The van der Waals surface area contributed by atoms with Crippen molar-refractivity contribution >= 4 is 11.8 Å². The highest BCUT2D eigenvalue weighted by molar-refractivity contribution is 7.99. The van der Waals surface area contributed by atoms with Gasteiger partial charge in [0.15, 0.2) is 0 Å². The van der Waals surface area contributed by atoms with Crippen molar-refractivity contribution < 1.29 is 9.47 Å². The summed E-state index contributed by atoms with van der Waals surface area (Å²) in [6.45, 7) is 19.5. The zero-order chi connectivity index (χ0) is 28.1. The zero-order valence-electron chi connectivity index (χ0n) is 25.0. The molecule has 1 saturated heterocycles. The first-order valence-corrected chi connectivity index (χ1v) is 15.5. The molecule has 0 aliphatic carbocycles. The Bertz CT molecular complexity index is 1050. The number of ether oxygens (including phenoxy) is 2. The van der Waals surface area contributed by atoms with E-state index in [-0.39, 0.29) is 10.8 Å². The molecule has 0 atom stereocenters. The second-order valence-corrected chi connectivity index (χ2v) is 13.4. The van der Waals surface area contributed by atoms with Crippen LogP contribution in [0.25, 0.3) is 0 Å². The Hall–Kier alpha value is -2.44. The normalized spacial score (nSPS) is 14.4. The van der Waals surface area contributed by atoms with Gasteiger partial charge in [0.05, 0.1) is 19.5 Å². The van der Waals surface area contributed by atoms with E-state index >= 15 is 0 Å². The number of hydrogen-bond acceptors (Lipinski definition) is 5. The molecule has 0 unspecified atom stereocenters. The van der Waals surface area contributed by atoms with Crippen molar-refractivity contribution in [2.75, 3.05) is 44.4 Å². The van der Waals surface area contributed by atoms with Crippen LogP contribution >= 0.6 is 11.8 Å². The highest BCUT2D eigenvalue weighted by atomic mass is 32.2. The molecule has 1 aliphatic heterocycles. The molecule has 1 aliphatic rings. The monoisotopic (exact) mass is 551 g/mol. The number of aryl methyl sites for hydroxylation is 1. The Kier molecular flexibility index (Phi) is 12.3. The average molecular weight is 552 g/mol. The molecule has 2 aromatic carbocycles. The number of benzene rings is 2. The van der Waals surface area contributed by atoms with Crippen molar-refractivity contribution in [1.29, 1.82) is 0 Å². The van der Waals surface area contributed by atoms with Crippen LogP contribution in [0.2, 0.25) is 0 Å². The molecule has 1 aromatic heterocycles. The van der Waals surface area contributed by atoms with Crippen LogP contribution in [0, 0.1) is 0 Å². The van der Waals surface area contributed by atoms with Gasteiger partial charge in [-0.05, 0) is 59.1 Å². The van der Waals surface area contributed by atoms with Gasteiger partial charge in [-0.15, -0.1) is 0 Å². The van der Waals surface area contributed by atoms with Gasteiger partial charge in [0.25, 0.3) is 0 Å². The second kappa shape index (κ2) is 15.4.